The summed E-state index contributed by atoms with van der Waals surface area (Å²) in [7, 11) is 1.77. The summed E-state index contributed by atoms with van der Waals surface area (Å²) < 4.78 is 3.51. The Balaban J connectivity index is 1.47. The number of carbonyl (C=O) groups is 1. The Labute approximate surface area is 199 Å². The van der Waals surface area contributed by atoms with Gasteiger partial charge in [0.1, 0.15) is 6.10 Å². The molecule has 0 saturated carbocycles. The number of aryl methyl sites for hydroxylation is 1. The highest BCUT2D eigenvalue weighted by Crippen LogP contribution is 2.32. The van der Waals surface area contributed by atoms with Crippen molar-refractivity contribution in [3.63, 3.8) is 0 Å². The fraction of sp³-hybridized carbons (Fsp3) is 0.320. The number of amides is 1. The van der Waals surface area contributed by atoms with E-state index in [0.717, 1.165) is 44.1 Å². The number of nitrogens with zero attached hydrogens (tertiary/aromatic N) is 6. The predicted molar refractivity (Wildman–Crippen MR) is 132 cm³/mol. The van der Waals surface area contributed by atoms with Gasteiger partial charge in [-0.3, -0.25) is 24.0 Å². The van der Waals surface area contributed by atoms with Gasteiger partial charge in [-0.15, -0.1) is 0 Å². The predicted octanol–water partition coefficient (Wildman–Crippen LogP) is 2.37. The van der Waals surface area contributed by atoms with Crippen molar-refractivity contribution < 1.29 is 9.90 Å². The van der Waals surface area contributed by atoms with Crippen molar-refractivity contribution in [2.45, 2.75) is 31.9 Å². The summed E-state index contributed by atoms with van der Waals surface area (Å²) in [5.41, 5.74) is 4.99. The van der Waals surface area contributed by atoms with Crippen LogP contribution < -0.4 is 5.69 Å². The molecule has 5 heterocycles. The van der Waals surface area contributed by atoms with Gasteiger partial charge >= 0.3 is 5.69 Å². The van der Waals surface area contributed by atoms with Gasteiger partial charge in [0.25, 0.3) is 5.91 Å². The Morgan fingerprint density at radius 1 is 1.11 bits per heavy atom. The number of hydrogen-bond acceptors (Lipinski definition) is 6. The zero-order valence-corrected chi connectivity index (χ0v) is 19.5. The normalized spacial score (nSPS) is 15.9. The van der Waals surface area contributed by atoms with Crippen LogP contribution in [0.15, 0.2) is 47.7 Å². The van der Waals surface area contributed by atoms with Gasteiger partial charge in [-0.2, -0.15) is 5.10 Å². The summed E-state index contributed by atoms with van der Waals surface area (Å²) in [4.78, 5) is 36.4. The molecule has 0 spiro atoms. The molecule has 2 N–H and O–H groups in total. The number of likely N-dealkylation sites (tertiary alicyclic amines) is 1. The maximum Gasteiger partial charge on any atom is 0.329 e. The lowest BCUT2D eigenvalue weighted by Gasteiger charge is -2.33. The molecule has 4 aromatic heterocycles. The first-order valence-corrected chi connectivity index (χ1v) is 11.7. The molecule has 1 atom stereocenters. The lowest BCUT2D eigenvalue weighted by atomic mass is 10.0. The number of rotatable bonds is 3. The van der Waals surface area contributed by atoms with Gasteiger partial charge in [0, 0.05) is 48.7 Å². The van der Waals surface area contributed by atoms with E-state index in [1.54, 1.807) is 28.9 Å². The maximum absolute atomic E-state index is 13.4. The molecule has 1 saturated heterocycles. The number of H-pyrrole nitrogens is 1. The van der Waals surface area contributed by atoms with Crippen LogP contribution in [-0.2, 0) is 11.8 Å². The number of nitrogens with one attached hydrogen (secondary N) is 1. The average molecular weight is 472 g/mol. The average Bonchev–Trinajstić information content (AvgIpc) is 3.45. The Bertz CT molecular complexity index is 1650. The number of aromatic nitrogens is 6. The minimum absolute atomic E-state index is 0.0533. The number of benzene rings is 1. The topological polar surface area (TPSA) is 122 Å². The molecule has 1 amide bonds. The molecule has 0 aliphatic carbocycles. The van der Waals surface area contributed by atoms with Crippen molar-refractivity contribution in [3.05, 3.63) is 53.3 Å². The summed E-state index contributed by atoms with van der Waals surface area (Å²) in [5, 5.41) is 18.4. The van der Waals surface area contributed by atoms with Crippen LogP contribution in [0, 0.1) is 0 Å². The highest BCUT2D eigenvalue weighted by molar-refractivity contribution is 6.04. The summed E-state index contributed by atoms with van der Waals surface area (Å²) >= 11 is 0. The SMILES string of the molecule is C[C@@H](O)C(=O)N1CCC(n2c(=O)n(C)c3cnc4ccc(-c5cnc6[nH]ncc6c5)cc4c32)CC1. The van der Waals surface area contributed by atoms with Gasteiger partial charge in [0.2, 0.25) is 0 Å². The highest BCUT2D eigenvalue weighted by Gasteiger charge is 2.29. The van der Waals surface area contributed by atoms with E-state index < -0.39 is 6.10 Å². The largest absolute Gasteiger partial charge is 0.384 e. The van der Waals surface area contributed by atoms with E-state index in [-0.39, 0.29) is 17.6 Å². The highest BCUT2D eigenvalue weighted by atomic mass is 16.3. The zero-order valence-electron chi connectivity index (χ0n) is 19.5. The monoisotopic (exact) mass is 471 g/mol. The first kappa shape index (κ1) is 21.5. The van der Waals surface area contributed by atoms with Crippen LogP contribution >= 0.6 is 0 Å². The van der Waals surface area contributed by atoms with Crippen LogP contribution in [0.25, 0.3) is 44.1 Å². The number of aliphatic hydroxyl groups excluding tert-OH is 1. The van der Waals surface area contributed by atoms with Gasteiger partial charge in [0.15, 0.2) is 5.65 Å². The third kappa shape index (κ3) is 3.40. The quantitative estimate of drug-likeness (QED) is 0.417. The molecule has 1 fully saturated rings. The van der Waals surface area contributed by atoms with Crippen LogP contribution in [-0.4, -0.2) is 64.4 Å². The van der Waals surface area contributed by atoms with Crippen LogP contribution in [0.3, 0.4) is 0 Å². The van der Waals surface area contributed by atoms with E-state index in [9.17, 15) is 14.7 Å². The molecule has 1 aliphatic heterocycles. The number of fused-ring (bicyclic) bond motifs is 4. The molecule has 6 rings (SSSR count). The molecule has 35 heavy (non-hydrogen) atoms. The number of carbonyl (C=O) groups excluding carboxylic acids is 1. The number of pyridine rings is 2. The standard InChI is InChI=1S/C25H25N7O3/c1-14(33)24(34)31-7-5-18(6-8-31)32-22-19-10-15(16-9-17-12-28-29-23(17)27-11-16)3-4-20(19)26-13-21(22)30(2)25(32)35/h3-4,9-14,18,33H,5-8H2,1-2H3,(H,27,28,29)/t14-/m1/s1. The molecule has 0 unspecified atom stereocenters. The number of aliphatic hydroxyl groups is 1. The van der Waals surface area contributed by atoms with Crippen molar-refractivity contribution >= 4 is 38.9 Å². The minimum Gasteiger partial charge on any atom is -0.384 e. The molecule has 5 aromatic rings. The van der Waals surface area contributed by atoms with Crippen molar-refractivity contribution in [1.29, 1.82) is 0 Å². The second-order valence-corrected chi connectivity index (χ2v) is 9.20. The molecule has 0 radical (unpaired) electrons. The Morgan fingerprint density at radius 3 is 2.69 bits per heavy atom. The second-order valence-electron chi connectivity index (χ2n) is 9.20. The van der Waals surface area contributed by atoms with Crippen LogP contribution in [0.5, 0.6) is 0 Å². The molecule has 10 nitrogen and oxygen atoms in total. The number of imidazole rings is 1. The fourth-order valence-electron chi connectivity index (χ4n) is 5.15. The molecule has 1 aliphatic rings. The lowest BCUT2D eigenvalue weighted by Crippen LogP contribution is -2.44. The van der Waals surface area contributed by atoms with E-state index in [0.29, 0.717) is 25.9 Å². The van der Waals surface area contributed by atoms with Gasteiger partial charge in [-0.1, -0.05) is 6.07 Å². The fourth-order valence-corrected chi connectivity index (χ4v) is 5.15. The number of hydrogen-bond donors (Lipinski definition) is 2. The summed E-state index contributed by atoms with van der Waals surface area (Å²) in [6.45, 7) is 2.49. The summed E-state index contributed by atoms with van der Waals surface area (Å²) in [6, 6.07) is 8.02. The van der Waals surface area contributed by atoms with Gasteiger partial charge in [-0.25, -0.2) is 9.78 Å². The number of aromatic amines is 1. The summed E-state index contributed by atoms with van der Waals surface area (Å²) in [5.74, 6) is -0.267. The Kier molecular flexibility index (Phi) is 4.92. The third-order valence-corrected chi connectivity index (χ3v) is 7.04. The van der Waals surface area contributed by atoms with Gasteiger partial charge in [-0.05, 0) is 43.5 Å². The first-order valence-electron chi connectivity index (χ1n) is 11.7. The summed E-state index contributed by atoms with van der Waals surface area (Å²) in [6.07, 6.45) is 5.57. The molecular formula is C25H25N7O3. The second kappa shape index (κ2) is 8.02. The van der Waals surface area contributed by atoms with E-state index in [4.69, 9.17) is 0 Å². The Morgan fingerprint density at radius 2 is 1.91 bits per heavy atom. The van der Waals surface area contributed by atoms with Crippen LogP contribution in [0.1, 0.15) is 25.8 Å². The minimum atomic E-state index is -1.02. The van der Waals surface area contributed by atoms with Crippen molar-refractivity contribution in [3.8, 4) is 11.1 Å². The van der Waals surface area contributed by atoms with E-state index >= 15 is 0 Å². The Hall–Kier alpha value is -4.05. The van der Waals surface area contributed by atoms with E-state index in [1.165, 1.54) is 6.92 Å². The third-order valence-electron chi connectivity index (χ3n) is 7.04. The molecule has 10 heteroatoms. The molecule has 178 valence electrons. The van der Waals surface area contributed by atoms with Crippen molar-refractivity contribution in [1.82, 2.24) is 34.2 Å². The van der Waals surface area contributed by atoms with E-state index in [2.05, 4.69) is 26.2 Å². The van der Waals surface area contributed by atoms with Crippen LogP contribution in [0.4, 0.5) is 0 Å². The van der Waals surface area contributed by atoms with Crippen LogP contribution in [0.2, 0.25) is 0 Å². The van der Waals surface area contributed by atoms with Gasteiger partial charge < -0.3 is 10.0 Å². The smallest absolute Gasteiger partial charge is 0.329 e. The van der Waals surface area contributed by atoms with E-state index in [1.807, 2.05) is 29.0 Å². The zero-order chi connectivity index (χ0) is 24.3. The molecule has 0 bridgehead atoms. The first-order chi connectivity index (χ1) is 16.9. The maximum atomic E-state index is 13.4. The lowest BCUT2D eigenvalue weighted by molar-refractivity contribution is -0.140. The van der Waals surface area contributed by atoms with Gasteiger partial charge in [0.05, 0.1) is 28.9 Å². The molecule has 1 aromatic carbocycles. The molecular weight excluding hydrogens is 446 g/mol. The van der Waals surface area contributed by atoms with Crippen molar-refractivity contribution in [2.24, 2.45) is 7.05 Å². The van der Waals surface area contributed by atoms with Crippen molar-refractivity contribution in [2.75, 3.05) is 13.1 Å². The number of piperidine rings is 1.